The number of benzene rings is 1. The Bertz CT molecular complexity index is 466. The van der Waals surface area contributed by atoms with E-state index in [1.165, 1.54) is 38.9 Å². The first kappa shape index (κ1) is 13.6. The van der Waals surface area contributed by atoms with E-state index in [1.807, 2.05) is 18.2 Å². The number of rotatable bonds is 4. The number of ketones is 1. The summed E-state index contributed by atoms with van der Waals surface area (Å²) in [5.41, 5.74) is 2.07. The van der Waals surface area contributed by atoms with Crippen molar-refractivity contribution in [3.63, 3.8) is 0 Å². The van der Waals surface area contributed by atoms with E-state index in [-0.39, 0.29) is 0 Å². The van der Waals surface area contributed by atoms with Crippen molar-refractivity contribution in [1.82, 2.24) is 4.90 Å². The van der Waals surface area contributed by atoms with E-state index in [9.17, 15) is 4.79 Å². The van der Waals surface area contributed by atoms with Crippen LogP contribution >= 0.6 is 0 Å². The molecule has 2 heterocycles. The molecule has 0 atom stereocenters. The Labute approximate surface area is 121 Å². The summed E-state index contributed by atoms with van der Waals surface area (Å²) in [7, 11) is 0. The minimum Gasteiger partial charge on any atom is -0.371 e. The largest absolute Gasteiger partial charge is 0.371 e. The molecule has 1 fully saturated rings. The lowest BCUT2D eigenvalue weighted by Gasteiger charge is -2.25. The maximum absolute atomic E-state index is 12.1. The molecule has 3 heteroatoms. The SMILES string of the molecule is O=C1CCCN(CCCN2CCCC2)c2ccccc21. The van der Waals surface area contributed by atoms with Gasteiger partial charge in [0.1, 0.15) is 0 Å². The first-order valence-corrected chi connectivity index (χ1v) is 7.94. The van der Waals surface area contributed by atoms with Crippen LogP contribution in [0.25, 0.3) is 0 Å². The fraction of sp³-hybridized carbons (Fsp3) is 0.588. The van der Waals surface area contributed by atoms with Gasteiger partial charge in [-0.3, -0.25) is 4.79 Å². The van der Waals surface area contributed by atoms with Crippen molar-refractivity contribution in [2.24, 2.45) is 0 Å². The van der Waals surface area contributed by atoms with Gasteiger partial charge in [0.2, 0.25) is 0 Å². The maximum Gasteiger partial charge on any atom is 0.165 e. The van der Waals surface area contributed by atoms with Gasteiger partial charge in [-0.2, -0.15) is 0 Å². The van der Waals surface area contributed by atoms with Crippen LogP contribution in [0.15, 0.2) is 24.3 Å². The molecule has 108 valence electrons. The molecule has 0 unspecified atom stereocenters. The van der Waals surface area contributed by atoms with Gasteiger partial charge in [0.15, 0.2) is 5.78 Å². The Hall–Kier alpha value is -1.35. The molecule has 0 spiro atoms. The fourth-order valence-corrected chi connectivity index (χ4v) is 3.39. The molecule has 3 rings (SSSR count). The Morgan fingerprint density at radius 1 is 0.950 bits per heavy atom. The van der Waals surface area contributed by atoms with Gasteiger partial charge in [-0.1, -0.05) is 12.1 Å². The van der Waals surface area contributed by atoms with Crippen LogP contribution in [0.5, 0.6) is 0 Å². The Morgan fingerprint density at radius 3 is 2.60 bits per heavy atom. The van der Waals surface area contributed by atoms with Crippen molar-refractivity contribution >= 4 is 11.5 Å². The molecule has 1 saturated heterocycles. The molecule has 2 aliphatic rings. The summed E-state index contributed by atoms with van der Waals surface area (Å²) in [5, 5.41) is 0. The number of carbonyl (C=O) groups is 1. The molecule has 1 aromatic carbocycles. The van der Waals surface area contributed by atoms with Crippen LogP contribution in [0.1, 0.15) is 42.5 Å². The molecule has 0 aromatic heterocycles. The van der Waals surface area contributed by atoms with Gasteiger partial charge in [0, 0.05) is 30.8 Å². The summed E-state index contributed by atoms with van der Waals surface area (Å²) >= 11 is 0. The molecule has 20 heavy (non-hydrogen) atoms. The molecule has 3 nitrogen and oxygen atoms in total. The van der Waals surface area contributed by atoms with Gasteiger partial charge >= 0.3 is 0 Å². The number of hydrogen-bond acceptors (Lipinski definition) is 3. The third-order valence-corrected chi connectivity index (χ3v) is 4.48. The third-order valence-electron chi connectivity index (χ3n) is 4.48. The lowest BCUT2D eigenvalue weighted by atomic mass is 10.1. The smallest absolute Gasteiger partial charge is 0.165 e. The molecule has 0 amide bonds. The molecular weight excluding hydrogens is 248 g/mol. The summed E-state index contributed by atoms with van der Waals surface area (Å²) in [6, 6.07) is 8.11. The lowest BCUT2D eigenvalue weighted by molar-refractivity contribution is 0.0984. The molecule has 0 N–H and O–H groups in total. The highest BCUT2D eigenvalue weighted by Gasteiger charge is 2.20. The number of fused-ring (bicyclic) bond motifs is 1. The van der Waals surface area contributed by atoms with Crippen LogP contribution in [-0.4, -0.2) is 43.4 Å². The van der Waals surface area contributed by atoms with Crippen LogP contribution in [0.2, 0.25) is 0 Å². The summed E-state index contributed by atoms with van der Waals surface area (Å²) < 4.78 is 0. The van der Waals surface area contributed by atoms with E-state index < -0.39 is 0 Å². The van der Waals surface area contributed by atoms with E-state index in [4.69, 9.17) is 0 Å². The van der Waals surface area contributed by atoms with Crippen molar-refractivity contribution in [1.29, 1.82) is 0 Å². The molecule has 0 bridgehead atoms. The van der Waals surface area contributed by atoms with E-state index in [1.54, 1.807) is 0 Å². The normalized spacial score (nSPS) is 20.0. The van der Waals surface area contributed by atoms with Crippen LogP contribution < -0.4 is 4.90 Å². The Morgan fingerprint density at radius 2 is 1.75 bits per heavy atom. The maximum atomic E-state index is 12.1. The van der Waals surface area contributed by atoms with E-state index in [0.29, 0.717) is 12.2 Å². The molecule has 0 saturated carbocycles. The lowest BCUT2D eigenvalue weighted by Crippen LogP contribution is -2.29. The van der Waals surface area contributed by atoms with Crippen molar-refractivity contribution < 1.29 is 4.79 Å². The number of Topliss-reactive ketones (excluding diaryl/α,β-unsaturated/α-hetero) is 1. The van der Waals surface area contributed by atoms with E-state index in [0.717, 1.165) is 30.8 Å². The highest BCUT2D eigenvalue weighted by Crippen LogP contribution is 2.26. The number of nitrogens with zero attached hydrogens (tertiary/aromatic N) is 2. The standard InChI is InChI=1S/C17H24N2O/c20-17-9-5-13-19(16-8-2-1-7-15(16)17)14-6-12-18-10-3-4-11-18/h1-2,7-8H,3-6,9-14H2. The monoisotopic (exact) mass is 272 g/mol. The van der Waals surface area contributed by atoms with E-state index >= 15 is 0 Å². The molecule has 0 aliphatic carbocycles. The number of hydrogen-bond donors (Lipinski definition) is 0. The van der Waals surface area contributed by atoms with Gasteiger partial charge < -0.3 is 9.80 Å². The highest BCUT2D eigenvalue weighted by atomic mass is 16.1. The van der Waals surface area contributed by atoms with Gasteiger partial charge in [-0.25, -0.2) is 0 Å². The first-order chi connectivity index (χ1) is 9.84. The number of anilines is 1. The van der Waals surface area contributed by atoms with Gasteiger partial charge in [0.05, 0.1) is 0 Å². The zero-order chi connectivity index (χ0) is 13.8. The minimum atomic E-state index is 0.308. The van der Waals surface area contributed by atoms with Gasteiger partial charge in [-0.15, -0.1) is 0 Å². The predicted molar refractivity (Wildman–Crippen MR) is 82.5 cm³/mol. The number of likely N-dealkylation sites (tertiary alicyclic amines) is 1. The zero-order valence-corrected chi connectivity index (χ0v) is 12.2. The number of carbonyl (C=O) groups excluding carboxylic acids is 1. The van der Waals surface area contributed by atoms with Crippen molar-refractivity contribution in [2.75, 3.05) is 37.6 Å². The fourth-order valence-electron chi connectivity index (χ4n) is 3.39. The quantitative estimate of drug-likeness (QED) is 0.842. The van der Waals surface area contributed by atoms with Crippen LogP contribution in [0.4, 0.5) is 5.69 Å². The Kier molecular flexibility index (Phi) is 4.36. The molecule has 1 aromatic rings. The van der Waals surface area contributed by atoms with Crippen molar-refractivity contribution in [3.05, 3.63) is 29.8 Å². The second kappa shape index (κ2) is 6.40. The first-order valence-electron chi connectivity index (χ1n) is 7.94. The Balaban J connectivity index is 1.63. The summed E-state index contributed by atoms with van der Waals surface area (Å²) in [6.45, 7) is 5.83. The average Bonchev–Trinajstić information content (AvgIpc) is 2.93. The van der Waals surface area contributed by atoms with Crippen molar-refractivity contribution in [2.45, 2.75) is 32.1 Å². The number of para-hydroxylation sites is 1. The van der Waals surface area contributed by atoms with Gasteiger partial charge in [0.25, 0.3) is 0 Å². The average molecular weight is 272 g/mol. The minimum absolute atomic E-state index is 0.308. The zero-order valence-electron chi connectivity index (χ0n) is 12.2. The van der Waals surface area contributed by atoms with Crippen molar-refractivity contribution in [3.8, 4) is 0 Å². The summed E-state index contributed by atoms with van der Waals surface area (Å²) in [5.74, 6) is 0.308. The molecule has 0 radical (unpaired) electrons. The van der Waals surface area contributed by atoms with Crippen LogP contribution in [-0.2, 0) is 0 Å². The topological polar surface area (TPSA) is 23.6 Å². The third kappa shape index (κ3) is 3.04. The molecule has 2 aliphatic heterocycles. The summed E-state index contributed by atoms with van der Waals surface area (Å²) in [4.78, 5) is 17.1. The van der Waals surface area contributed by atoms with Crippen LogP contribution in [0, 0.1) is 0 Å². The highest BCUT2D eigenvalue weighted by molar-refractivity contribution is 6.01. The second-order valence-electron chi connectivity index (χ2n) is 5.93. The molecular formula is C17H24N2O. The van der Waals surface area contributed by atoms with Crippen LogP contribution in [0.3, 0.4) is 0 Å². The van der Waals surface area contributed by atoms with Gasteiger partial charge in [-0.05, 0) is 57.5 Å². The second-order valence-corrected chi connectivity index (χ2v) is 5.93. The summed E-state index contributed by atoms with van der Waals surface area (Å²) in [6.07, 6.45) is 5.60. The predicted octanol–water partition coefficient (Wildman–Crippen LogP) is 2.96. The van der Waals surface area contributed by atoms with E-state index in [2.05, 4.69) is 15.9 Å².